The normalized spacial score (nSPS) is 16.9. The summed E-state index contributed by atoms with van der Waals surface area (Å²) in [6.07, 6.45) is 5.25. The lowest BCUT2D eigenvalue weighted by atomic mass is 10.1. The van der Waals surface area contributed by atoms with Crippen molar-refractivity contribution in [3.05, 3.63) is 0 Å². The Labute approximate surface area is 134 Å². The fourth-order valence-electron chi connectivity index (χ4n) is 1.98. The monoisotopic (exact) mass is 312 g/mol. The standard InChI is InChI=1S/C16H32N4O2/c1-6-7-8-13(11-18-15(21)22-16(2,3)4)20-14(17-5)19-12-9-10-12/h12-13H,6-11H2,1-5H3,(H,18,21)(H2,17,19,20). The van der Waals surface area contributed by atoms with Crippen LogP contribution in [0.5, 0.6) is 0 Å². The van der Waals surface area contributed by atoms with E-state index in [1.54, 1.807) is 7.05 Å². The number of carbonyl (C=O) groups excluding carboxylic acids is 1. The molecule has 1 fully saturated rings. The van der Waals surface area contributed by atoms with E-state index in [2.05, 4.69) is 27.9 Å². The molecule has 1 rings (SSSR count). The van der Waals surface area contributed by atoms with Crippen molar-refractivity contribution in [3.8, 4) is 0 Å². The predicted octanol–water partition coefficient (Wildman–Crippen LogP) is 2.40. The minimum atomic E-state index is -0.472. The molecule has 1 atom stereocenters. The molecule has 0 aliphatic heterocycles. The van der Waals surface area contributed by atoms with Crippen LogP contribution in [0.15, 0.2) is 4.99 Å². The van der Waals surface area contributed by atoms with Crippen LogP contribution in [0.3, 0.4) is 0 Å². The lowest BCUT2D eigenvalue weighted by molar-refractivity contribution is 0.0523. The second kappa shape index (κ2) is 8.86. The highest BCUT2D eigenvalue weighted by Gasteiger charge is 2.23. The van der Waals surface area contributed by atoms with Crippen molar-refractivity contribution < 1.29 is 9.53 Å². The van der Waals surface area contributed by atoms with Crippen LogP contribution < -0.4 is 16.0 Å². The molecule has 128 valence electrons. The van der Waals surface area contributed by atoms with E-state index in [1.165, 1.54) is 12.8 Å². The van der Waals surface area contributed by atoms with Gasteiger partial charge in [0, 0.05) is 25.7 Å². The van der Waals surface area contributed by atoms with Crippen molar-refractivity contribution in [1.82, 2.24) is 16.0 Å². The van der Waals surface area contributed by atoms with Gasteiger partial charge in [0.2, 0.25) is 0 Å². The van der Waals surface area contributed by atoms with Crippen molar-refractivity contribution in [2.24, 2.45) is 4.99 Å². The third-order valence-corrected chi connectivity index (χ3v) is 3.28. The van der Waals surface area contributed by atoms with Crippen LogP contribution in [0.25, 0.3) is 0 Å². The first-order valence-electron chi connectivity index (χ1n) is 8.30. The molecule has 0 bridgehead atoms. The molecule has 1 unspecified atom stereocenters. The molecule has 0 heterocycles. The summed E-state index contributed by atoms with van der Waals surface area (Å²) in [5, 5.41) is 9.61. The zero-order valence-corrected chi connectivity index (χ0v) is 14.7. The topological polar surface area (TPSA) is 74.8 Å². The lowest BCUT2D eigenvalue weighted by Crippen LogP contribution is -2.49. The van der Waals surface area contributed by atoms with Gasteiger partial charge in [-0.1, -0.05) is 19.8 Å². The lowest BCUT2D eigenvalue weighted by Gasteiger charge is -2.24. The second-order valence-electron chi connectivity index (χ2n) is 6.86. The summed E-state index contributed by atoms with van der Waals surface area (Å²) in [4.78, 5) is 16.0. The molecule has 1 saturated carbocycles. The first-order valence-corrected chi connectivity index (χ1v) is 8.30. The van der Waals surface area contributed by atoms with E-state index in [0.717, 1.165) is 25.2 Å². The highest BCUT2D eigenvalue weighted by molar-refractivity contribution is 5.80. The van der Waals surface area contributed by atoms with Crippen molar-refractivity contribution in [1.29, 1.82) is 0 Å². The van der Waals surface area contributed by atoms with Crippen LogP contribution in [0, 0.1) is 0 Å². The SMILES string of the molecule is CCCCC(CNC(=O)OC(C)(C)C)NC(=NC)NC1CC1. The number of hydrogen-bond acceptors (Lipinski definition) is 3. The maximum atomic E-state index is 11.8. The summed E-state index contributed by atoms with van der Waals surface area (Å²) < 4.78 is 5.27. The van der Waals surface area contributed by atoms with E-state index in [4.69, 9.17) is 4.74 Å². The van der Waals surface area contributed by atoms with Gasteiger partial charge in [0.25, 0.3) is 0 Å². The molecule has 1 aliphatic carbocycles. The van der Waals surface area contributed by atoms with E-state index < -0.39 is 5.60 Å². The van der Waals surface area contributed by atoms with Crippen molar-refractivity contribution in [3.63, 3.8) is 0 Å². The number of aliphatic imine (C=N–C) groups is 1. The van der Waals surface area contributed by atoms with Crippen LogP contribution in [0.1, 0.15) is 59.8 Å². The van der Waals surface area contributed by atoms with Gasteiger partial charge in [-0.3, -0.25) is 4.99 Å². The van der Waals surface area contributed by atoms with Crippen LogP contribution in [-0.4, -0.2) is 43.3 Å². The Morgan fingerprint density at radius 2 is 2.05 bits per heavy atom. The molecule has 3 N–H and O–H groups in total. The first kappa shape index (κ1) is 18.6. The molecule has 0 aromatic carbocycles. The number of hydrogen-bond donors (Lipinski definition) is 3. The summed E-state index contributed by atoms with van der Waals surface area (Å²) in [5.74, 6) is 0.814. The largest absolute Gasteiger partial charge is 0.444 e. The Morgan fingerprint density at radius 1 is 1.36 bits per heavy atom. The zero-order valence-electron chi connectivity index (χ0n) is 14.7. The van der Waals surface area contributed by atoms with Gasteiger partial charge in [0.15, 0.2) is 5.96 Å². The molecular formula is C16H32N4O2. The van der Waals surface area contributed by atoms with E-state index in [-0.39, 0.29) is 12.1 Å². The highest BCUT2D eigenvalue weighted by atomic mass is 16.6. The molecule has 0 saturated heterocycles. The number of ether oxygens (including phenoxy) is 1. The number of amides is 1. The van der Waals surface area contributed by atoms with Gasteiger partial charge in [-0.05, 0) is 40.0 Å². The first-order chi connectivity index (χ1) is 10.3. The maximum absolute atomic E-state index is 11.8. The number of nitrogens with zero attached hydrogens (tertiary/aromatic N) is 1. The summed E-state index contributed by atoms with van der Waals surface area (Å²) in [6.45, 7) is 8.28. The number of alkyl carbamates (subject to hydrolysis) is 1. The van der Waals surface area contributed by atoms with Gasteiger partial charge in [0.1, 0.15) is 5.60 Å². The molecule has 0 spiro atoms. The van der Waals surface area contributed by atoms with Crippen LogP contribution in [0.2, 0.25) is 0 Å². The average molecular weight is 312 g/mol. The second-order valence-corrected chi connectivity index (χ2v) is 6.86. The summed E-state index contributed by atoms with van der Waals surface area (Å²) >= 11 is 0. The summed E-state index contributed by atoms with van der Waals surface area (Å²) in [7, 11) is 1.77. The minimum absolute atomic E-state index is 0.150. The Morgan fingerprint density at radius 3 is 2.55 bits per heavy atom. The maximum Gasteiger partial charge on any atom is 0.407 e. The van der Waals surface area contributed by atoms with Gasteiger partial charge < -0.3 is 20.7 Å². The van der Waals surface area contributed by atoms with Gasteiger partial charge in [-0.15, -0.1) is 0 Å². The van der Waals surface area contributed by atoms with E-state index in [1.807, 2.05) is 20.8 Å². The average Bonchev–Trinajstić information content (AvgIpc) is 3.22. The Kier molecular flexibility index (Phi) is 7.48. The Balaban J connectivity index is 2.43. The van der Waals surface area contributed by atoms with Gasteiger partial charge in [-0.25, -0.2) is 4.79 Å². The smallest absolute Gasteiger partial charge is 0.407 e. The van der Waals surface area contributed by atoms with Gasteiger partial charge in [-0.2, -0.15) is 0 Å². The molecule has 0 aromatic rings. The third kappa shape index (κ3) is 8.74. The Hall–Kier alpha value is -1.46. The van der Waals surface area contributed by atoms with E-state index in [9.17, 15) is 4.79 Å². The molecule has 0 aromatic heterocycles. The van der Waals surface area contributed by atoms with Gasteiger partial charge in [0.05, 0.1) is 0 Å². The number of nitrogens with one attached hydrogen (secondary N) is 3. The summed E-state index contributed by atoms with van der Waals surface area (Å²) in [5.41, 5.74) is -0.472. The molecule has 1 amide bonds. The van der Waals surface area contributed by atoms with Gasteiger partial charge >= 0.3 is 6.09 Å². The molecule has 6 heteroatoms. The van der Waals surface area contributed by atoms with E-state index in [0.29, 0.717) is 12.6 Å². The number of carbonyl (C=O) groups is 1. The molecule has 6 nitrogen and oxygen atoms in total. The van der Waals surface area contributed by atoms with Crippen LogP contribution >= 0.6 is 0 Å². The molecule has 1 aliphatic rings. The Bertz CT molecular complexity index is 373. The highest BCUT2D eigenvalue weighted by Crippen LogP contribution is 2.18. The predicted molar refractivity (Wildman–Crippen MR) is 90.2 cm³/mol. The third-order valence-electron chi connectivity index (χ3n) is 3.28. The molecule has 0 radical (unpaired) electrons. The number of guanidine groups is 1. The summed E-state index contributed by atoms with van der Waals surface area (Å²) in [6, 6.07) is 0.703. The van der Waals surface area contributed by atoms with Crippen LogP contribution in [0.4, 0.5) is 4.79 Å². The van der Waals surface area contributed by atoms with E-state index >= 15 is 0 Å². The van der Waals surface area contributed by atoms with Crippen molar-refractivity contribution >= 4 is 12.1 Å². The quantitative estimate of drug-likeness (QED) is 0.498. The molecular weight excluding hydrogens is 280 g/mol. The van der Waals surface area contributed by atoms with Crippen molar-refractivity contribution in [2.75, 3.05) is 13.6 Å². The molecule has 22 heavy (non-hydrogen) atoms. The van der Waals surface area contributed by atoms with Crippen LogP contribution in [-0.2, 0) is 4.74 Å². The fraction of sp³-hybridized carbons (Fsp3) is 0.875. The zero-order chi connectivity index (χ0) is 16.6. The number of rotatable bonds is 7. The number of unbranched alkanes of at least 4 members (excludes halogenated alkanes) is 1. The minimum Gasteiger partial charge on any atom is -0.444 e. The fourth-order valence-corrected chi connectivity index (χ4v) is 1.98. The van der Waals surface area contributed by atoms with Crippen molar-refractivity contribution in [2.45, 2.75) is 77.5 Å².